The quantitative estimate of drug-likeness (QED) is 0.762. The van der Waals surface area contributed by atoms with E-state index in [1.165, 1.54) is 13.1 Å². The van der Waals surface area contributed by atoms with Crippen LogP contribution >= 0.6 is 0 Å². The molecule has 0 aromatic carbocycles. The van der Waals surface area contributed by atoms with Crippen molar-refractivity contribution in [1.29, 1.82) is 0 Å². The first-order valence-corrected chi connectivity index (χ1v) is 4.47. The molecule has 80 valence electrons. The van der Waals surface area contributed by atoms with Crippen molar-refractivity contribution < 1.29 is 14.7 Å². The number of nitrogens with zero attached hydrogens (tertiary/aromatic N) is 1. The highest BCUT2D eigenvalue weighted by Crippen LogP contribution is 2.02. The summed E-state index contributed by atoms with van der Waals surface area (Å²) in [6.07, 6.45) is 1.49. The molecule has 0 unspecified atom stereocenters. The number of aromatic nitrogens is 1. The second-order valence-corrected chi connectivity index (χ2v) is 3.20. The van der Waals surface area contributed by atoms with Gasteiger partial charge >= 0.3 is 5.97 Å². The molecule has 1 atom stereocenters. The average molecular weight is 208 g/mol. The maximum absolute atomic E-state index is 11.5. The van der Waals surface area contributed by atoms with E-state index in [1.54, 1.807) is 19.1 Å². The lowest BCUT2D eigenvalue weighted by Crippen LogP contribution is -2.38. The van der Waals surface area contributed by atoms with E-state index in [0.717, 1.165) is 0 Å². The van der Waals surface area contributed by atoms with Crippen LogP contribution in [0.1, 0.15) is 23.0 Å². The molecular formula is C10H12N2O3. The third-order valence-corrected chi connectivity index (χ3v) is 1.94. The Hall–Kier alpha value is -1.91. The van der Waals surface area contributed by atoms with Crippen LogP contribution in [0.2, 0.25) is 0 Å². The van der Waals surface area contributed by atoms with E-state index in [2.05, 4.69) is 10.3 Å². The molecule has 1 rings (SSSR count). The first-order chi connectivity index (χ1) is 7.02. The van der Waals surface area contributed by atoms with Crippen molar-refractivity contribution >= 4 is 11.9 Å². The van der Waals surface area contributed by atoms with Crippen LogP contribution in [0.25, 0.3) is 0 Å². The van der Waals surface area contributed by atoms with Crippen LogP contribution in [0, 0.1) is 6.92 Å². The molecule has 5 nitrogen and oxygen atoms in total. The van der Waals surface area contributed by atoms with Gasteiger partial charge in [0.25, 0.3) is 5.91 Å². The van der Waals surface area contributed by atoms with Gasteiger partial charge in [-0.2, -0.15) is 0 Å². The van der Waals surface area contributed by atoms with Gasteiger partial charge in [0.15, 0.2) is 0 Å². The fraction of sp³-hybridized carbons (Fsp3) is 0.300. The molecule has 0 bridgehead atoms. The maximum Gasteiger partial charge on any atom is 0.325 e. The smallest absolute Gasteiger partial charge is 0.325 e. The van der Waals surface area contributed by atoms with Crippen molar-refractivity contribution in [2.24, 2.45) is 0 Å². The van der Waals surface area contributed by atoms with Crippen LogP contribution < -0.4 is 5.32 Å². The van der Waals surface area contributed by atoms with Gasteiger partial charge in [0, 0.05) is 6.20 Å². The van der Waals surface area contributed by atoms with Gasteiger partial charge in [-0.3, -0.25) is 14.6 Å². The second kappa shape index (κ2) is 4.54. The van der Waals surface area contributed by atoms with E-state index in [1.807, 2.05) is 0 Å². The number of amides is 1. The lowest BCUT2D eigenvalue weighted by molar-refractivity contribution is -0.138. The predicted molar refractivity (Wildman–Crippen MR) is 53.5 cm³/mol. The van der Waals surface area contributed by atoms with Gasteiger partial charge in [-0.25, -0.2) is 0 Å². The first kappa shape index (κ1) is 11.2. The van der Waals surface area contributed by atoms with Crippen LogP contribution in [0.3, 0.4) is 0 Å². The first-order valence-electron chi connectivity index (χ1n) is 4.47. The molecule has 0 aliphatic rings. The van der Waals surface area contributed by atoms with E-state index in [4.69, 9.17) is 5.11 Å². The molecule has 0 fully saturated rings. The fourth-order valence-electron chi connectivity index (χ4n) is 1.05. The summed E-state index contributed by atoms with van der Waals surface area (Å²) in [5, 5.41) is 10.9. The molecule has 0 spiro atoms. The molecular weight excluding hydrogens is 196 g/mol. The number of pyridine rings is 1. The van der Waals surface area contributed by atoms with Gasteiger partial charge in [-0.15, -0.1) is 0 Å². The average Bonchev–Trinajstić information content (AvgIpc) is 2.18. The summed E-state index contributed by atoms with van der Waals surface area (Å²) in [7, 11) is 0. The summed E-state index contributed by atoms with van der Waals surface area (Å²) in [5.74, 6) is -1.54. The van der Waals surface area contributed by atoms with Gasteiger partial charge in [0.05, 0.1) is 0 Å². The Bertz CT molecular complexity index is 390. The third-order valence-electron chi connectivity index (χ3n) is 1.94. The van der Waals surface area contributed by atoms with Crippen LogP contribution in [0.4, 0.5) is 0 Å². The molecule has 1 aromatic heterocycles. The Labute approximate surface area is 87.1 Å². The highest BCUT2D eigenvalue weighted by Gasteiger charge is 2.16. The zero-order valence-electron chi connectivity index (χ0n) is 8.52. The summed E-state index contributed by atoms with van der Waals surface area (Å²) in [4.78, 5) is 25.9. The minimum Gasteiger partial charge on any atom is -0.480 e. The molecule has 0 saturated heterocycles. The summed E-state index contributed by atoms with van der Waals surface area (Å²) in [6, 6.07) is 2.54. The third kappa shape index (κ3) is 2.77. The van der Waals surface area contributed by atoms with Gasteiger partial charge < -0.3 is 10.4 Å². The van der Waals surface area contributed by atoms with Crippen LogP contribution in [-0.2, 0) is 4.79 Å². The van der Waals surface area contributed by atoms with E-state index in [-0.39, 0.29) is 5.69 Å². The Kier molecular flexibility index (Phi) is 3.38. The normalized spacial score (nSPS) is 11.9. The number of carboxylic acid groups (broad SMARTS) is 1. The zero-order valence-corrected chi connectivity index (χ0v) is 8.52. The van der Waals surface area contributed by atoms with E-state index < -0.39 is 17.9 Å². The minimum absolute atomic E-state index is 0.255. The molecule has 0 radical (unpaired) electrons. The van der Waals surface area contributed by atoms with Gasteiger partial charge in [0.1, 0.15) is 11.7 Å². The van der Waals surface area contributed by atoms with Crippen molar-refractivity contribution in [2.45, 2.75) is 19.9 Å². The van der Waals surface area contributed by atoms with Crippen molar-refractivity contribution in [3.8, 4) is 0 Å². The topological polar surface area (TPSA) is 79.3 Å². The highest BCUT2D eigenvalue weighted by molar-refractivity contribution is 5.95. The van der Waals surface area contributed by atoms with Gasteiger partial charge in [-0.05, 0) is 25.5 Å². The SMILES string of the molecule is Cc1cccnc1C(=O)N[C@@H](C)C(=O)O. The van der Waals surface area contributed by atoms with Crippen molar-refractivity contribution in [3.63, 3.8) is 0 Å². The largest absolute Gasteiger partial charge is 0.480 e. The standard InChI is InChI=1S/C10H12N2O3/c1-6-4-3-5-11-8(6)9(13)12-7(2)10(14)15/h3-5,7H,1-2H3,(H,12,13)(H,14,15)/t7-/m0/s1. The Morgan fingerprint density at radius 3 is 2.73 bits per heavy atom. The monoisotopic (exact) mass is 208 g/mol. The summed E-state index contributed by atoms with van der Waals surface area (Å²) < 4.78 is 0. The van der Waals surface area contributed by atoms with Crippen molar-refractivity contribution in [3.05, 3.63) is 29.6 Å². The second-order valence-electron chi connectivity index (χ2n) is 3.20. The molecule has 1 aromatic rings. The number of hydrogen-bond acceptors (Lipinski definition) is 3. The number of carboxylic acids is 1. The summed E-state index contributed by atoms with van der Waals surface area (Å²) in [5.41, 5.74) is 0.971. The lowest BCUT2D eigenvalue weighted by atomic mass is 10.2. The summed E-state index contributed by atoms with van der Waals surface area (Å²) >= 11 is 0. The maximum atomic E-state index is 11.5. The molecule has 1 amide bonds. The van der Waals surface area contributed by atoms with E-state index >= 15 is 0 Å². The molecule has 0 saturated carbocycles. The summed E-state index contributed by atoms with van der Waals surface area (Å²) in [6.45, 7) is 3.14. The molecule has 15 heavy (non-hydrogen) atoms. The van der Waals surface area contributed by atoms with E-state index in [0.29, 0.717) is 5.56 Å². The number of carbonyl (C=O) groups excluding carboxylic acids is 1. The van der Waals surface area contributed by atoms with Crippen LogP contribution in [0.15, 0.2) is 18.3 Å². The number of hydrogen-bond donors (Lipinski definition) is 2. The molecule has 1 heterocycles. The number of aliphatic carboxylic acids is 1. The van der Waals surface area contributed by atoms with E-state index in [9.17, 15) is 9.59 Å². The number of carbonyl (C=O) groups is 2. The van der Waals surface area contributed by atoms with Crippen molar-refractivity contribution in [1.82, 2.24) is 10.3 Å². The number of aryl methyl sites for hydroxylation is 1. The lowest BCUT2D eigenvalue weighted by Gasteiger charge is -2.09. The molecule has 5 heteroatoms. The molecule has 2 N–H and O–H groups in total. The predicted octanol–water partition coefficient (Wildman–Crippen LogP) is 0.593. The van der Waals surface area contributed by atoms with Gasteiger partial charge in [0.2, 0.25) is 0 Å². The Balaban J connectivity index is 2.78. The van der Waals surface area contributed by atoms with Crippen LogP contribution in [0.5, 0.6) is 0 Å². The Morgan fingerprint density at radius 1 is 1.53 bits per heavy atom. The van der Waals surface area contributed by atoms with Gasteiger partial charge in [-0.1, -0.05) is 6.07 Å². The van der Waals surface area contributed by atoms with Crippen LogP contribution in [-0.4, -0.2) is 28.0 Å². The van der Waals surface area contributed by atoms with Crippen molar-refractivity contribution in [2.75, 3.05) is 0 Å². The molecule has 0 aliphatic heterocycles. The number of nitrogens with one attached hydrogen (secondary N) is 1. The molecule has 0 aliphatic carbocycles. The zero-order chi connectivity index (χ0) is 11.4. The minimum atomic E-state index is -1.07. The fourth-order valence-corrected chi connectivity index (χ4v) is 1.05. The number of rotatable bonds is 3. The Morgan fingerprint density at radius 2 is 2.20 bits per heavy atom. The highest BCUT2D eigenvalue weighted by atomic mass is 16.4.